The van der Waals surface area contributed by atoms with Gasteiger partial charge in [0.25, 0.3) is 5.91 Å². The number of nitrogens with one attached hydrogen (secondary N) is 1. The number of halogens is 1. The number of anilines is 2. The molecule has 3 aromatic carbocycles. The Kier molecular flexibility index (Phi) is 9.83. The molecular weight excluding hydrogens is 626 g/mol. The first kappa shape index (κ1) is 31.0. The van der Waals surface area contributed by atoms with Gasteiger partial charge in [-0.05, 0) is 54.1 Å². The number of amides is 1. The molecule has 0 radical (unpaired) electrons. The number of aliphatic imine (C=N–C) groups is 1. The van der Waals surface area contributed by atoms with Crippen LogP contribution in [-0.2, 0) is 13.1 Å². The van der Waals surface area contributed by atoms with E-state index in [1.807, 2.05) is 42.5 Å². The van der Waals surface area contributed by atoms with Crippen LogP contribution >= 0.6 is 15.9 Å². The predicted molar refractivity (Wildman–Crippen MR) is 176 cm³/mol. The Morgan fingerprint density at radius 1 is 0.886 bits per heavy atom. The van der Waals surface area contributed by atoms with Crippen molar-refractivity contribution in [3.8, 4) is 17.2 Å². The Bertz CT molecular complexity index is 1670. The van der Waals surface area contributed by atoms with Crippen LogP contribution in [0.3, 0.4) is 0 Å². The quantitative estimate of drug-likeness (QED) is 0.164. The number of carbonyl (C=O) groups is 1. The van der Waals surface area contributed by atoms with E-state index in [-0.39, 0.29) is 11.7 Å². The first-order chi connectivity index (χ1) is 21.3. The summed E-state index contributed by atoms with van der Waals surface area (Å²) in [7, 11) is 4.90. The minimum Gasteiger partial charge on any atom is -0.493 e. The zero-order chi connectivity index (χ0) is 31.2. The van der Waals surface area contributed by atoms with Gasteiger partial charge in [-0.15, -0.1) is 0 Å². The second-order valence-corrected chi connectivity index (χ2v) is 11.3. The van der Waals surface area contributed by atoms with Gasteiger partial charge in [0.15, 0.2) is 17.5 Å². The average Bonchev–Trinajstić information content (AvgIpc) is 3.02. The first-order valence-electron chi connectivity index (χ1n) is 14.1. The molecule has 5 rings (SSSR count). The van der Waals surface area contributed by atoms with Gasteiger partial charge in [-0.25, -0.2) is 4.98 Å². The van der Waals surface area contributed by atoms with Crippen LogP contribution in [0.25, 0.3) is 10.9 Å². The fourth-order valence-electron chi connectivity index (χ4n) is 5.34. The standard InChI is InChI=1S/C32H36BrN7O4/c1-42-28-11-5-21(29(43-2)30(28)44-3)19-40-14-12-39(13-15-40)18-20-4-10-25-24(16-20)26(36-23-8-6-22(33)7-9-23)17-27(37-25)31(41)38-32(34)35/h4-11,16-17H,12-15,18-19H2,1-3H3,(H,36,37)(H4,34,35,38,41). The van der Waals surface area contributed by atoms with E-state index < -0.39 is 5.91 Å². The minimum atomic E-state index is -0.599. The molecule has 0 spiro atoms. The largest absolute Gasteiger partial charge is 0.493 e. The Hall–Kier alpha value is -4.39. The molecule has 230 valence electrons. The number of rotatable bonds is 10. The number of aromatic nitrogens is 1. The van der Waals surface area contributed by atoms with E-state index in [9.17, 15) is 4.79 Å². The van der Waals surface area contributed by atoms with E-state index in [1.54, 1.807) is 27.4 Å². The normalized spacial score (nSPS) is 13.8. The van der Waals surface area contributed by atoms with E-state index in [1.165, 1.54) is 0 Å². The van der Waals surface area contributed by atoms with E-state index in [0.29, 0.717) is 22.8 Å². The third-order valence-electron chi connectivity index (χ3n) is 7.50. The lowest BCUT2D eigenvalue weighted by molar-refractivity contribution is 0.0998. The van der Waals surface area contributed by atoms with E-state index in [4.69, 9.17) is 25.7 Å². The molecule has 0 unspecified atom stereocenters. The number of piperazine rings is 1. The van der Waals surface area contributed by atoms with Crippen molar-refractivity contribution in [2.24, 2.45) is 16.5 Å². The van der Waals surface area contributed by atoms with E-state index in [0.717, 1.165) is 71.6 Å². The summed E-state index contributed by atoms with van der Waals surface area (Å²) in [5.74, 6) is 1.06. The van der Waals surface area contributed by atoms with Crippen LogP contribution in [0.15, 0.2) is 70.1 Å². The van der Waals surface area contributed by atoms with Crippen LogP contribution in [0.4, 0.5) is 11.4 Å². The van der Waals surface area contributed by atoms with Gasteiger partial charge in [0, 0.05) is 60.4 Å². The van der Waals surface area contributed by atoms with Crippen molar-refractivity contribution in [3.63, 3.8) is 0 Å². The summed E-state index contributed by atoms with van der Waals surface area (Å²) in [6.07, 6.45) is 0. The number of methoxy groups -OCH3 is 3. The molecule has 0 saturated carbocycles. The molecule has 4 aromatic rings. The van der Waals surface area contributed by atoms with Crippen LogP contribution < -0.4 is 31.0 Å². The van der Waals surface area contributed by atoms with E-state index in [2.05, 4.69) is 53.2 Å². The number of pyridine rings is 1. The van der Waals surface area contributed by atoms with Crippen molar-refractivity contribution in [2.45, 2.75) is 13.1 Å². The fraction of sp³-hybridized carbons (Fsp3) is 0.281. The summed E-state index contributed by atoms with van der Waals surface area (Å²) in [5.41, 5.74) is 15.5. The number of fused-ring (bicyclic) bond motifs is 1. The average molecular weight is 663 g/mol. The smallest absolute Gasteiger partial charge is 0.298 e. The topological polar surface area (TPSA) is 141 Å². The van der Waals surface area contributed by atoms with Gasteiger partial charge in [0.05, 0.1) is 32.5 Å². The maximum atomic E-state index is 12.6. The van der Waals surface area contributed by atoms with Crippen LogP contribution in [0.2, 0.25) is 0 Å². The summed E-state index contributed by atoms with van der Waals surface area (Å²) in [6, 6.07) is 19.5. The zero-order valence-corrected chi connectivity index (χ0v) is 26.6. The SMILES string of the molecule is COc1ccc(CN2CCN(Cc3ccc4nc(C(=O)N=C(N)N)cc(Nc5ccc(Br)cc5)c4c3)CC2)c(OC)c1OC. The van der Waals surface area contributed by atoms with Gasteiger partial charge < -0.3 is 31.0 Å². The molecule has 1 aliphatic rings. The summed E-state index contributed by atoms with van der Waals surface area (Å²) >= 11 is 3.47. The van der Waals surface area contributed by atoms with Gasteiger partial charge in [0.2, 0.25) is 5.75 Å². The number of nitrogens with zero attached hydrogens (tertiary/aromatic N) is 4. The summed E-state index contributed by atoms with van der Waals surface area (Å²) in [4.78, 5) is 25.7. The highest BCUT2D eigenvalue weighted by Crippen LogP contribution is 2.40. The number of hydrogen-bond acceptors (Lipinski definition) is 8. The number of nitrogens with two attached hydrogens (primary N) is 2. The Morgan fingerprint density at radius 2 is 1.57 bits per heavy atom. The van der Waals surface area contributed by atoms with Crippen LogP contribution in [-0.4, -0.2) is 74.2 Å². The number of hydrogen-bond donors (Lipinski definition) is 3. The third kappa shape index (κ3) is 7.21. The van der Waals surface area contributed by atoms with Crippen LogP contribution in [0.1, 0.15) is 21.6 Å². The highest BCUT2D eigenvalue weighted by molar-refractivity contribution is 9.10. The summed E-state index contributed by atoms with van der Waals surface area (Å²) in [6.45, 7) is 5.21. The molecule has 11 nitrogen and oxygen atoms in total. The van der Waals surface area contributed by atoms with Crippen molar-refractivity contribution in [2.75, 3.05) is 52.8 Å². The third-order valence-corrected chi connectivity index (χ3v) is 8.03. The maximum Gasteiger partial charge on any atom is 0.298 e. The second kappa shape index (κ2) is 13.9. The minimum absolute atomic E-state index is 0.153. The summed E-state index contributed by atoms with van der Waals surface area (Å²) in [5, 5.41) is 4.33. The second-order valence-electron chi connectivity index (χ2n) is 10.4. The maximum absolute atomic E-state index is 12.6. The van der Waals surface area contributed by atoms with Gasteiger partial charge in [0.1, 0.15) is 5.69 Å². The van der Waals surface area contributed by atoms with Crippen molar-refractivity contribution < 1.29 is 19.0 Å². The Labute approximate surface area is 264 Å². The molecule has 44 heavy (non-hydrogen) atoms. The van der Waals surface area contributed by atoms with Crippen molar-refractivity contribution in [1.29, 1.82) is 0 Å². The van der Waals surface area contributed by atoms with Crippen molar-refractivity contribution in [3.05, 3.63) is 82.0 Å². The molecule has 0 aliphatic carbocycles. The predicted octanol–water partition coefficient (Wildman–Crippen LogP) is 4.50. The van der Waals surface area contributed by atoms with Crippen molar-refractivity contribution >= 4 is 50.1 Å². The van der Waals surface area contributed by atoms with Gasteiger partial charge in [-0.2, -0.15) is 4.99 Å². The summed E-state index contributed by atoms with van der Waals surface area (Å²) < 4.78 is 17.6. The fourth-order valence-corrected chi connectivity index (χ4v) is 5.60. The van der Waals surface area contributed by atoms with Gasteiger partial charge >= 0.3 is 0 Å². The zero-order valence-electron chi connectivity index (χ0n) is 25.0. The number of carbonyl (C=O) groups excluding carboxylic acids is 1. The molecule has 0 atom stereocenters. The van der Waals surface area contributed by atoms with Gasteiger partial charge in [-0.3, -0.25) is 14.6 Å². The monoisotopic (exact) mass is 661 g/mol. The van der Waals surface area contributed by atoms with E-state index >= 15 is 0 Å². The Balaban J connectivity index is 1.32. The highest BCUT2D eigenvalue weighted by atomic mass is 79.9. The molecule has 5 N–H and O–H groups in total. The van der Waals surface area contributed by atoms with Crippen LogP contribution in [0, 0.1) is 0 Å². The molecule has 2 heterocycles. The lowest BCUT2D eigenvalue weighted by Gasteiger charge is -2.35. The molecule has 1 saturated heterocycles. The molecule has 1 aliphatic heterocycles. The van der Waals surface area contributed by atoms with Crippen LogP contribution in [0.5, 0.6) is 17.2 Å². The molecular formula is C32H36BrN7O4. The number of guanidine groups is 1. The molecule has 1 aromatic heterocycles. The highest BCUT2D eigenvalue weighted by Gasteiger charge is 2.22. The molecule has 1 fully saturated rings. The first-order valence-corrected chi connectivity index (χ1v) is 14.9. The van der Waals surface area contributed by atoms with Gasteiger partial charge in [-0.1, -0.05) is 28.1 Å². The lowest BCUT2D eigenvalue weighted by atomic mass is 10.1. The number of benzene rings is 3. The Morgan fingerprint density at radius 3 is 2.20 bits per heavy atom. The van der Waals surface area contributed by atoms with Crippen molar-refractivity contribution in [1.82, 2.24) is 14.8 Å². The lowest BCUT2D eigenvalue weighted by Crippen LogP contribution is -2.45. The molecule has 0 bridgehead atoms. The molecule has 12 heteroatoms. The number of ether oxygens (including phenoxy) is 3. The molecule has 1 amide bonds.